The summed E-state index contributed by atoms with van der Waals surface area (Å²) in [5, 5.41) is 0. The van der Waals surface area contributed by atoms with Crippen LogP contribution < -0.4 is 10.4 Å². The molecule has 0 aliphatic carbocycles. The van der Waals surface area contributed by atoms with Crippen LogP contribution in [0.3, 0.4) is 0 Å². The van der Waals surface area contributed by atoms with Crippen molar-refractivity contribution in [3.63, 3.8) is 0 Å². The van der Waals surface area contributed by atoms with Gasteiger partial charge in [-0.1, -0.05) is 18.2 Å². The highest BCUT2D eigenvalue weighted by atomic mass is 31.2. The molecule has 98 valence electrons. The fourth-order valence-electron chi connectivity index (χ4n) is 2.13. The largest absolute Gasteiger partial charge is 0.455 e. The zero-order chi connectivity index (χ0) is 13.2. The quantitative estimate of drug-likeness (QED) is 0.803. The molecular formula is C11H15N2O4P. The summed E-state index contributed by atoms with van der Waals surface area (Å²) in [5.74, 6) is -0.746. The number of nitrogens with zero attached hydrogens (tertiary/aromatic N) is 1. The minimum atomic E-state index is -4.27. The summed E-state index contributed by atoms with van der Waals surface area (Å²) in [5.41, 5.74) is 5.73. The fourth-order valence-corrected chi connectivity index (χ4v) is 2.51. The van der Waals surface area contributed by atoms with Crippen molar-refractivity contribution in [3.05, 3.63) is 30.3 Å². The molecule has 2 rings (SSSR count). The van der Waals surface area contributed by atoms with E-state index in [1.165, 1.54) is 0 Å². The fraction of sp³-hybridized carbons (Fsp3) is 0.364. The van der Waals surface area contributed by atoms with Crippen molar-refractivity contribution in [2.45, 2.75) is 18.9 Å². The van der Waals surface area contributed by atoms with Crippen LogP contribution in [0.5, 0.6) is 0 Å². The Bertz CT molecular complexity index is 473. The number of carbonyl (C=O) groups excluding carboxylic acids is 1. The normalized spacial score (nSPS) is 22.6. The van der Waals surface area contributed by atoms with E-state index < -0.39 is 19.8 Å². The first kappa shape index (κ1) is 13.1. The smallest absolute Gasteiger partial charge is 0.379 e. The number of rotatable bonds is 3. The SMILES string of the molecule is NP(=O)(O)OC(=O)[C@@H]1CCCN1c1ccccc1. The van der Waals surface area contributed by atoms with Gasteiger partial charge in [0, 0.05) is 12.2 Å². The van der Waals surface area contributed by atoms with Crippen LogP contribution in [0.4, 0.5) is 5.69 Å². The van der Waals surface area contributed by atoms with Gasteiger partial charge in [0.15, 0.2) is 0 Å². The molecule has 1 heterocycles. The average molecular weight is 270 g/mol. The van der Waals surface area contributed by atoms with E-state index in [4.69, 9.17) is 10.4 Å². The van der Waals surface area contributed by atoms with Crippen LogP contribution >= 0.6 is 7.75 Å². The van der Waals surface area contributed by atoms with Crippen LogP contribution in [-0.4, -0.2) is 23.4 Å². The maximum atomic E-state index is 11.8. The highest BCUT2D eigenvalue weighted by molar-refractivity contribution is 7.50. The summed E-state index contributed by atoms with van der Waals surface area (Å²) < 4.78 is 15.3. The van der Waals surface area contributed by atoms with Gasteiger partial charge in [-0.3, -0.25) is 0 Å². The van der Waals surface area contributed by atoms with Crippen molar-refractivity contribution in [2.75, 3.05) is 11.4 Å². The molecule has 0 bridgehead atoms. The zero-order valence-corrected chi connectivity index (χ0v) is 10.6. The summed E-state index contributed by atoms with van der Waals surface area (Å²) in [6.07, 6.45) is 1.42. The molecule has 3 N–H and O–H groups in total. The summed E-state index contributed by atoms with van der Waals surface area (Å²) in [7, 11) is -4.27. The standard InChI is InChI=1S/C11H15N2O4P/c12-18(15,16)17-11(14)10-7-4-8-13(10)9-5-2-1-3-6-9/h1-3,5-6,10H,4,7-8H2,(H3,12,15,16)/t10-/m0/s1. The maximum Gasteiger partial charge on any atom is 0.455 e. The lowest BCUT2D eigenvalue weighted by molar-refractivity contribution is -0.136. The molecule has 18 heavy (non-hydrogen) atoms. The lowest BCUT2D eigenvalue weighted by atomic mass is 10.2. The van der Waals surface area contributed by atoms with Gasteiger partial charge in [-0.25, -0.2) is 14.9 Å². The van der Waals surface area contributed by atoms with E-state index in [-0.39, 0.29) is 0 Å². The van der Waals surface area contributed by atoms with Gasteiger partial charge in [0.25, 0.3) is 0 Å². The molecule has 0 saturated carbocycles. The molecule has 0 amide bonds. The van der Waals surface area contributed by atoms with Crippen molar-refractivity contribution in [1.82, 2.24) is 0 Å². The number of hydrogen-bond donors (Lipinski definition) is 2. The molecule has 1 aliphatic rings. The first-order valence-corrected chi connectivity index (χ1v) is 7.28. The molecular weight excluding hydrogens is 255 g/mol. The van der Waals surface area contributed by atoms with Crippen molar-refractivity contribution in [3.8, 4) is 0 Å². The molecule has 0 radical (unpaired) electrons. The van der Waals surface area contributed by atoms with E-state index in [1.54, 1.807) is 0 Å². The van der Waals surface area contributed by atoms with Crippen molar-refractivity contribution in [1.29, 1.82) is 0 Å². The molecule has 2 atom stereocenters. The summed E-state index contributed by atoms with van der Waals surface area (Å²) >= 11 is 0. The molecule has 0 aromatic heterocycles. The molecule has 1 aromatic rings. The predicted octanol–water partition coefficient (Wildman–Crippen LogP) is 1.26. The van der Waals surface area contributed by atoms with Crippen molar-refractivity contribution in [2.24, 2.45) is 5.50 Å². The Kier molecular flexibility index (Phi) is 3.71. The number of nitrogens with two attached hydrogens (primary N) is 1. The highest BCUT2D eigenvalue weighted by Gasteiger charge is 2.34. The summed E-state index contributed by atoms with van der Waals surface area (Å²) in [6, 6.07) is 8.84. The molecule has 1 aromatic carbocycles. The van der Waals surface area contributed by atoms with Gasteiger partial charge < -0.3 is 14.3 Å². The van der Waals surface area contributed by atoms with Gasteiger partial charge in [-0.15, -0.1) is 0 Å². The van der Waals surface area contributed by atoms with Crippen LogP contribution in [0, 0.1) is 0 Å². The van der Waals surface area contributed by atoms with Gasteiger partial charge in [0.05, 0.1) is 0 Å². The molecule has 6 nitrogen and oxygen atoms in total. The first-order valence-electron chi connectivity index (χ1n) is 5.64. The van der Waals surface area contributed by atoms with E-state index in [1.807, 2.05) is 35.2 Å². The van der Waals surface area contributed by atoms with Crippen LogP contribution in [0.25, 0.3) is 0 Å². The monoisotopic (exact) mass is 270 g/mol. The van der Waals surface area contributed by atoms with Gasteiger partial charge >= 0.3 is 13.7 Å². The average Bonchev–Trinajstić information content (AvgIpc) is 2.76. The molecule has 1 fully saturated rings. The van der Waals surface area contributed by atoms with Crippen LogP contribution in [-0.2, 0) is 13.9 Å². The van der Waals surface area contributed by atoms with E-state index in [2.05, 4.69) is 4.52 Å². The van der Waals surface area contributed by atoms with Crippen molar-refractivity contribution >= 4 is 19.4 Å². The van der Waals surface area contributed by atoms with E-state index in [9.17, 15) is 9.36 Å². The number of anilines is 1. The second-order valence-electron chi connectivity index (χ2n) is 4.16. The minimum Gasteiger partial charge on any atom is -0.379 e. The lowest BCUT2D eigenvalue weighted by Crippen LogP contribution is -2.37. The number of hydrogen-bond acceptors (Lipinski definition) is 4. The summed E-state index contributed by atoms with van der Waals surface area (Å²) in [4.78, 5) is 22.5. The first-order chi connectivity index (χ1) is 8.47. The van der Waals surface area contributed by atoms with E-state index in [0.29, 0.717) is 13.0 Å². The Labute approximate surface area is 105 Å². The topological polar surface area (TPSA) is 92.9 Å². The third-order valence-corrected chi connectivity index (χ3v) is 3.28. The maximum absolute atomic E-state index is 11.8. The third kappa shape index (κ3) is 3.10. The Balaban J connectivity index is 2.13. The Morgan fingerprint density at radius 1 is 1.44 bits per heavy atom. The Hall–Kier alpha value is -1.36. The lowest BCUT2D eigenvalue weighted by Gasteiger charge is -2.25. The van der Waals surface area contributed by atoms with Crippen molar-refractivity contribution < 1.29 is 18.8 Å². The minimum absolute atomic E-state index is 0.545. The Morgan fingerprint density at radius 2 is 2.11 bits per heavy atom. The molecule has 1 aliphatic heterocycles. The van der Waals surface area contributed by atoms with Crippen LogP contribution in [0.2, 0.25) is 0 Å². The number of benzene rings is 1. The molecule has 0 spiro atoms. The zero-order valence-electron chi connectivity index (χ0n) is 9.73. The Morgan fingerprint density at radius 3 is 2.72 bits per heavy atom. The van der Waals surface area contributed by atoms with Gasteiger partial charge in [-0.05, 0) is 25.0 Å². The third-order valence-electron chi connectivity index (χ3n) is 2.83. The summed E-state index contributed by atoms with van der Waals surface area (Å²) in [6.45, 7) is 0.712. The van der Waals surface area contributed by atoms with Gasteiger partial charge in [0.1, 0.15) is 6.04 Å². The molecule has 1 unspecified atom stereocenters. The highest BCUT2D eigenvalue weighted by Crippen LogP contribution is 2.34. The van der Waals surface area contributed by atoms with Gasteiger partial charge in [-0.2, -0.15) is 0 Å². The van der Waals surface area contributed by atoms with Crippen LogP contribution in [0.15, 0.2) is 30.3 Å². The van der Waals surface area contributed by atoms with E-state index in [0.717, 1.165) is 12.1 Å². The second kappa shape index (κ2) is 5.10. The molecule has 7 heteroatoms. The predicted molar refractivity (Wildman–Crippen MR) is 66.9 cm³/mol. The van der Waals surface area contributed by atoms with Gasteiger partial charge in [0.2, 0.25) is 0 Å². The number of carbonyl (C=O) groups is 1. The van der Waals surface area contributed by atoms with E-state index >= 15 is 0 Å². The van der Waals surface area contributed by atoms with Crippen LogP contribution in [0.1, 0.15) is 12.8 Å². The molecule has 1 saturated heterocycles. The second-order valence-corrected chi connectivity index (χ2v) is 5.47. The number of para-hydroxylation sites is 1.